The zero-order valence-corrected chi connectivity index (χ0v) is 28.1. The van der Waals surface area contributed by atoms with E-state index in [1.54, 1.807) is 29.0 Å². The Hall–Kier alpha value is -3.65. The largest absolute Gasteiger partial charge is 0.379 e. The molecule has 12 nitrogen and oxygen atoms in total. The number of fused-ring (bicyclic) bond motifs is 3. The molecular formula is C34H46FN9O3. The molecule has 0 bridgehead atoms. The maximum atomic E-state index is 14.4. The van der Waals surface area contributed by atoms with E-state index in [4.69, 9.17) is 14.8 Å². The zero-order valence-electron chi connectivity index (χ0n) is 28.1. The molecule has 47 heavy (non-hydrogen) atoms. The third-order valence-corrected chi connectivity index (χ3v) is 10.2. The maximum Gasteiger partial charge on any atom is 0.326 e. The van der Waals surface area contributed by atoms with E-state index in [2.05, 4.69) is 48.9 Å². The van der Waals surface area contributed by atoms with Gasteiger partial charge in [0.1, 0.15) is 5.82 Å². The standard InChI is InChI=1S/C34H46FN9O3/c1-22-17-41(27(16-36-22)18-40-12-13-47-20-23(40)2)19-29(45)43-21-34(3,4)30-28(43)15-25(14-24-6-8-26(35)9-7-24)31-37-32(38-44(30)31)42-11-10-39(5)33(42)46/h6-9,15,22-23,27,36H,10-14,16-21H2,1-5H3/t22-,23-,27-/m1/s1. The van der Waals surface area contributed by atoms with Crippen molar-refractivity contribution in [3.8, 4) is 0 Å². The van der Waals surface area contributed by atoms with Crippen molar-refractivity contribution >= 4 is 29.2 Å². The third-order valence-electron chi connectivity index (χ3n) is 10.2. The predicted octanol–water partition coefficient (Wildman–Crippen LogP) is 2.34. The van der Waals surface area contributed by atoms with Crippen molar-refractivity contribution in [2.45, 2.75) is 57.7 Å². The number of likely N-dealkylation sites (N-methyl/N-ethyl adjacent to an activating group) is 1. The second-order valence-corrected chi connectivity index (χ2v) is 14.4. The first kappa shape index (κ1) is 31.9. The molecular weight excluding hydrogens is 601 g/mol. The van der Waals surface area contributed by atoms with Gasteiger partial charge in [0.25, 0.3) is 5.95 Å². The summed E-state index contributed by atoms with van der Waals surface area (Å²) in [5.74, 6) is 0.106. The molecule has 6 heterocycles. The number of carbonyl (C=O) groups excluding carboxylic acids is 2. The summed E-state index contributed by atoms with van der Waals surface area (Å²) in [4.78, 5) is 42.2. The highest BCUT2D eigenvalue weighted by atomic mass is 19.1. The monoisotopic (exact) mass is 647 g/mol. The van der Waals surface area contributed by atoms with Crippen LogP contribution in [0.5, 0.6) is 0 Å². The summed E-state index contributed by atoms with van der Waals surface area (Å²) in [6.45, 7) is 15.4. The number of nitrogens with zero attached hydrogens (tertiary/aromatic N) is 8. The molecule has 13 heteroatoms. The number of urea groups is 1. The highest BCUT2D eigenvalue weighted by Gasteiger charge is 2.43. The number of pyridine rings is 1. The van der Waals surface area contributed by atoms with E-state index in [1.807, 2.05) is 9.42 Å². The van der Waals surface area contributed by atoms with Gasteiger partial charge in [-0.25, -0.2) is 13.7 Å². The van der Waals surface area contributed by atoms with Gasteiger partial charge in [0.15, 0.2) is 5.65 Å². The van der Waals surface area contributed by atoms with Gasteiger partial charge in [0.05, 0.1) is 31.1 Å². The van der Waals surface area contributed by atoms with Crippen LogP contribution in [0.3, 0.4) is 0 Å². The van der Waals surface area contributed by atoms with E-state index < -0.39 is 5.41 Å². The minimum atomic E-state index is -0.423. The highest BCUT2D eigenvalue weighted by molar-refractivity contribution is 5.98. The molecule has 1 aromatic carbocycles. The number of aromatic nitrogens is 3. The fourth-order valence-corrected chi connectivity index (χ4v) is 7.56. The predicted molar refractivity (Wildman–Crippen MR) is 178 cm³/mol. The third kappa shape index (κ3) is 6.10. The number of nitrogens with one attached hydrogen (secondary N) is 1. The SMILES string of the molecule is C[C@@H]1CN(CC(=O)N2CC(C)(C)c3c2cc(Cc2ccc(F)cc2)c2nc(N4CCN(C)C4=O)nn32)[C@@H](CN2CCOC[C@H]2C)CN1. The number of piperazine rings is 1. The molecule has 3 saturated heterocycles. The fraction of sp³-hybridized carbons (Fsp3) is 0.588. The Bertz CT molecular complexity index is 1660. The van der Waals surface area contributed by atoms with Crippen LogP contribution >= 0.6 is 0 Å². The number of hydrogen-bond acceptors (Lipinski definition) is 8. The lowest BCUT2D eigenvalue weighted by atomic mass is 9.90. The van der Waals surface area contributed by atoms with Crippen LogP contribution in [0, 0.1) is 5.82 Å². The molecule has 1 N–H and O–H groups in total. The second kappa shape index (κ2) is 12.4. The normalized spacial score (nSPS) is 25.3. The van der Waals surface area contributed by atoms with Crippen molar-refractivity contribution in [3.63, 3.8) is 0 Å². The number of halogens is 1. The number of carbonyl (C=O) groups is 2. The maximum absolute atomic E-state index is 14.4. The number of ether oxygens (including phenoxy) is 1. The molecule has 2 aromatic heterocycles. The Balaban J connectivity index is 1.24. The summed E-state index contributed by atoms with van der Waals surface area (Å²) in [5, 5.41) is 8.54. The summed E-state index contributed by atoms with van der Waals surface area (Å²) >= 11 is 0. The summed E-state index contributed by atoms with van der Waals surface area (Å²) in [5.41, 5.74) is 3.71. The van der Waals surface area contributed by atoms with Crippen molar-refractivity contribution in [2.75, 3.05) is 82.4 Å². The van der Waals surface area contributed by atoms with Crippen molar-refractivity contribution in [1.29, 1.82) is 0 Å². The van der Waals surface area contributed by atoms with Crippen LogP contribution in [0.2, 0.25) is 0 Å². The molecule has 0 saturated carbocycles. The molecule has 252 valence electrons. The van der Waals surface area contributed by atoms with Gasteiger partial charge in [0, 0.05) is 88.4 Å². The molecule has 3 amide bonds. The van der Waals surface area contributed by atoms with Crippen molar-refractivity contribution in [2.24, 2.45) is 0 Å². The summed E-state index contributed by atoms with van der Waals surface area (Å²) in [7, 11) is 1.77. The van der Waals surface area contributed by atoms with E-state index in [9.17, 15) is 14.0 Å². The lowest BCUT2D eigenvalue weighted by Crippen LogP contribution is -2.62. The molecule has 7 rings (SSSR count). The van der Waals surface area contributed by atoms with Crippen molar-refractivity contribution < 1.29 is 18.7 Å². The molecule has 0 unspecified atom stereocenters. The Labute approximate surface area is 275 Å². The lowest BCUT2D eigenvalue weighted by molar-refractivity contribution is -0.121. The van der Waals surface area contributed by atoms with E-state index in [1.165, 1.54) is 12.1 Å². The van der Waals surface area contributed by atoms with Crippen LogP contribution in [0.25, 0.3) is 5.65 Å². The number of morpholine rings is 1. The molecule has 0 spiro atoms. The van der Waals surface area contributed by atoms with Gasteiger partial charge < -0.3 is 19.9 Å². The topological polar surface area (TPSA) is 102 Å². The minimum absolute atomic E-state index is 0.0507. The Morgan fingerprint density at radius 3 is 2.64 bits per heavy atom. The van der Waals surface area contributed by atoms with Gasteiger partial charge >= 0.3 is 6.03 Å². The molecule has 3 aromatic rings. The summed E-state index contributed by atoms with van der Waals surface area (Å²) in [6.07, 6.45) is 0.473. The Morgan fingerprint density at radius 2 is 1.91 bits per heavy atom. The Kier molecular flexibility index (Phi) is 8.44. The molecule has 0 aliphatic carbocycles. The number of rotatable bonds is 7. The fourth-order valence-electron chi connectivity index (χ4n) is 7.56. The van der Waals surface area contributed by atoms with Crippen LogP contribution in [-0.4, -0.2) is 132 Å². The lowest BCUT2D eigenvalue weighted by Gasteiger charge is -2.43. The van der Waals surface area contributed by atoms with Gasteiger partial charge in [-0.3, -0.25) is 19.5 Å². The van der Waals surface area contributed by atoms with Crippen molar-refractivity contribution in [1.82, 2.24) is 34.6 Å². The van der Waals surface area contributed by atoms with E-state index >= 15 is 0 Å². The first-order chi connectivity index (χ1) is 22.5. The average Bonchev–Trinajstić information content (AvgIpc) is 3.69. The van der Waals surface area contributed by atoms with Gasteiger partial charge in [-0.05, 0) is 37.6 Å². The summed E-state index contributed by atoms with van der Waals surface area (Å²) in [6, 6.07) is 9.20. The molecule has 3 fully saturated rings. The number of amides is 3. The van der Waals surface area contributed by atoms with Crippen LogP contribution in [0.15, 0.2) is 30.3 Å². The highest BCUT2D eigenvalue weighted by Crippen LogP contribution is 2.42. The van der Waals surface area contributed by atoms with Gasteiger partial charge in [-0.15, -0.1) is 5.10 Å². The van der Waals surface area contributed by atoms with Gasteiger partial charge in [-0.1, -0.05) is 26.0 Å². The van der Waals surface area contributed by atoms with E-state index in [0.29, 0.717) is 50.2 Å². The number of anilines is 2. The average molecular weight is 648 g/mol. The smallest absolute Gasteiger partial charge is 0.326 e. The van der Waals surface area contributed by atoms with Crippen LogP contribution in [0.4, 0.5) is 20.8 Å². The Morgan fingerprint density at radius 1 is 1.13 bits per heavy atom. The quantitative estimate of drug-likeness (QED) is 0.417. The van der Waals surface area contributed by atoms with Crippen molar-refractivity contribution in [3.05, 3.63) is 53.0 Å². The first-order valence-corrected chi connectivity index (χ1v) is 16.8. The van der Waals surface area contributed by atoms with E-state index in [-0.39, 0.29) is 29.8 Å². The number of hydrogen-bond donors (Lipinski definition) is 1. The van der Waals surface area contributed by atoms with E-state index in [0.717, 1.165) is 61.9 Å². The first-order valence-electron chi connectivity index (χ1n) is 16.8. The van der Waals surface area contributed by atoms with Crippen LogP contribution < -0.4 is 15.1 Å². The number of benzene rings is 1. The summed E-state index contributed by atoms with van der Waals surface area (Å²) < 4.78 is 21.3. The minimum Gasteiger partial charge on any atom is -0.379 e. The van der Waals surface area contributed by atoms with Crippen LogP contribution in [-0.2, 0) is 21.4 Å². The molecule has 0 radical (unpaired) electrons. The second-order valence-electron chi connectivity index (χ2n) is 14.4. The van der Waals surface area contributed by atoms with Gasteiger partial charge in [-0.2, -0.15) is 4.98 Å². The van der Waals surface area contributed by atoms with Crippen LogP contribution in [0.1, 0.15) is 44.5 Å². The van der Waals surface area contributed by atoms with Gasteiger partial charge in [0.2, 0.25) is 5.91 Å². The zero-order chi connectivity index (χ0) is 33.0. The molecule has 4 aliphatic rings. The molecule has 4 aliphatic heterocycles. The molecule has 3 atom stereocenters.